The van der Waals surface area contributed by atoms with Crippen molar-refractivity contribution in [3.63, 3.8) is 0 Å². The van der Waals surface area contributed by atoms with E-state index in [9.17, 15) is 13.2 Å². The third-order valence-electron chi connectivity index (χ3n) is 3.18. The summed E-state index contributed by atoms with van der Waals surface area (Å²) in [6.07, 6.45) is 2.10. The fourth-order valence-corrected chi connectivity index (χ4v) is 3.27. The molecule has 106 valence electrons. The van der Waals surface area contributed by atoms with Gasteiger partial charge < -0.3 is 5.32 Å². The molecule has 1 aliphatic carbocycles. The van der Waals surface area contributed by atoms with Crippen LogP contribution in [0.3, 0.4) is 0 Å². The van der Waals surface area contributed by atoms with Gasteiger partial charge in [-0.1, -0.05) is 20.3 Å². The highest BCUT2D eigenvalue weighted by molar-refractivity contribution is 8.13. The van der Waals surface area contributed by atoms with Gasteiger partial charge in [-0.2, -0.15) is 5.10 Å². The summed E-state index contributed by atoms with van der Waals surface area (Å²) in [5.74, 6) is -0.0683. The molecule has 0 aliphatic heterocycles. The molecule has 1 aromatic heterocycles. The fourth-order valence-electron chi connectivity index (χ4n) is 1.96. The molecule has 2 rings (SSSR count). The number of nitrogens with one attached hydrogen (secondary N) is 2. The molecule has 1 heterocycles. The molecule has 6 nitrogen and oxygen atoms in total. The molecule has 1 aromatic rings. The lowest BCUT2D eigenvalue weighted by Crippen LogP contribution is -2.28. The van der Waals surface area contributed by atoms with Crippen LogP contribution < -0.4 is 5.32 Å². The number of aromatic amines is 1. The van der Waals surface area contributed by atoms with Crippen LogP contribution in [-0.4, -0.2) is 30.6 Å². The molecule has 2 unspecified atom stereocenters. The quantitative estimate of drug-likeness (QED) is 0.805. The third-order valence-corrected chi connectivity index (χ3v) is 4.57. The summed E-state index contributed by atoms with van der Waals surface area (Å²) < 4.78 is 23.2. The lowest BCUT2D eigenvalue weighted by Gasteiger charge is -2.03. The predicted octanol–water partition coefficient (Wildman–Crippen LogP) is 1.43. The topological polar surface area (TPSA) is 91.9 Å². The van der Waals surface area contributed by atoms with Crippen LogP contribution >= 0.6 is 10.7 Å². The van der Waals surface area contributed by atoms with Crippen molar-refractivity contribution in [1.82, 2.24) is 15.5 Å². The van der Waals surface area contributed by atoms with Crippen molar-refractivity contribution < 1.29 is 13.2 Å². The lowest BCUT2D eigenvalue weighted by atomic mass is 10.2. The van der Waals surface area contributed by atoms with Crippen LogP contribution in [0.25, 0.3) is 0 Å². The zero-order valence-electron chi connectivity index (χ0n) is 10.7. The van der Waals surface area contributed by atoms with E-state index in [1.807, 2.05) is 13.8 Å². The fraction of sp³-hybridized carbons (Fsp3) is 0.636. The minimum atomic E-state index is -4.00. The first kappa shape index (κ1) is 14.3. The van der Waals surface area contributed by atoms with Gasteiger partial charge in [-0.25, -0.2) is 8.42 Å². The molecule has 1 aliphatic rings. The van der Waals surface area contributed by atoms with E-state index in [2.05, 4.69) is 15.5 Å². The number of hydrogen-bond donors (Lipinski definition) is 2. The van der Waals surface area contributed by atoms with Gasteiger partial charge in [0.05, 0.1) is 5.69 Å². The average molecular weight is 306 g/mol. The molecule has 2 atom stereocenters. The summed E-state index contributed by atoms with van der Waals surface area (Å²) in [4.78, 5) is 11.8. The van der Waals surface area contributed by atoms with Crippen LogP contribution in [0, 0.1) is 5.92 Å². The highest BCUT2D eigenvalue weighted by atomic mass is 35.7. The summed E-state index contributed by atoms with van der Waals surface area (Å²) in [5.41, 5.74) is 0.240. The number of nitrogens with zero attached hydrogens (tertiary/aromatic N) is 1. The van der Waals surface area contributed by atoms with Crippen molar-refractivity contribution in [2.24, 2.45) is 5.92 Å². The predicted molar refractivity (Wildman–Crippen MR) is 70.7 cm³/mol. The monoisotopic (exact) mass is 305 g/mol. The van der Waals surface area contributed by atoms with E-state index in [-0.39, 0.29) is 16.6 Å². The van der Waals surface area contributed by atoms with E-state index in [0.717, 1.165) is 12.8 Å². The number of amides is 1. The first-order chi connectivity index (χ1) is 8.84. The Hall–Kier alpha value is -1.08. The number of aromatic nitrogens is 2. The Labute approximate surface area is 116 Å². The first-order valence-electron chi connectivity index (χ1n) is 6.17. The summed E-state index contributed by atoms with van der Waals surface area (Å²) in [5, 5.41) is 9.14. The number of aryl methyl sites for hydroxylation is 1. The Kier molecular flexibility index (Phi) is 3.87. The zero-order chi connectivity index (χ0) is 14.2. The molecular weight excluding hydrogens is 290 g/mol. The SMILES string of the molecule is CCCc1[nH]nc(C(=O)NC2CC2C)c1S(=O)(=O)Cl. The van der Waals surface area contributed by atoms with Gasteiger partial charge in [-0.15, -0.1) is 0 Å². The van der Waals surface area contributed by atoms with Crippen LogP contribution in [-0.2, 0) is 15.5 Å². The Morgan fingerprint density at radius 1 is 1.58 bits per heavy atom. The van der Waals surface area contributed by atoms with Crippen molar-refractivity contribution in [2.45, 2.75) is 44.0 Å². The normalized spacial score (nSPS) is 22.3. The standard InChI is InChI=1S/C11H16ClN3O3S/c1-3-4-7-10(19(12,17)18)9(15-14-7)11(16)13-8-5-6(8)2/h6,8H,3-5H2,1-2H3,(H,13,16)(H,14,15). The number of hydrogen-bond acceptors (Lipinski definition) is 4. The van der Waals surface area contributed by atoms with Gasteiger partial charge in [-0.05, 0) is 18.8 Å². The largest absolute Gasteiger partial charge is 0.348 e. The second-order valence-electron chi connectivity index (χ2n) is 4.86. The number of halogens is 1. The number of carbonyl (C=O) groups excluding carboxylic acids is 1. The van der Waals surface area contributed by atoms with Gasteiger partial charge in [0.1, 0.15) is 4.90 Å². The Bertz CT molecular complexity index is 596. The zero-order valence-corrected chi connectivity index (χ0v) is 12.3. The van der Waals surface area contributed by atoms with Gasteiger partial charge >= 0.3 is 0 Å². The Morgan fingerprint density at radius 3 is 2.68 bits per heavy atom. The van der Waals surface area contributed by atoms with E-state index in [0.29, 0.717) is 18.0 Å². The Morgan fingerprint density at radius 2 is 2.21 bits per heavy atom. The van der Waals surface area contributed by atoms with Crippen molar-refractivity contribution >= 4 is 25.6 Å². The van der Waals surface area contributed by atoms with E-state index in [1.165, 1.54) is 0 Å². The van der Waals surface area contributed by atoms with Gasteiger partial charge in [0.25, 0.3) is 15.0 Å². The van der Waals surface area contributed by atoms with Crippen molar-refractivity contribution in [3.05, 3.63) is 11.4 Å². The van der Waals surface area contributed by atoms with Gasteiger partial charge in [-0.3, -0.25) is 9.89 Å². The molecule has 8 heteroatoms. The molecule has 1 amide bonds. The lowest BCUT2D eigenvalue weighted by molar-refractivity contribution is 0.0941. The van der Waals surface area contributed by atoms with Gasteiger partial charge in [0.15, 0.2) is 5.69 Å². The van der Waals surface area contributed by atoms with Crippen LogP contribution in [0.15, 0.2) is 4.90 Å². The minimum absolute atomic E-state index is 0.102. The van der Waals surface area contributed by atoms with E-state index in [1.54, 1.807) is 0 Å². The molecule has 0 radical (unpaired) electrons. The second-order valence-corrected chi connectivity index (χ2v) is 7.36. The molecule has 0 spiro atoms. The highest BCUT2D eigenvalue weighted by Gasteiger charge is 2.36. The van der Waals surface area contributed by atoms with Crippen LogP contribution in [0.2, 0.25) is 0 Å². The maximum absolute atomic E-state index is 12.0. The van der Waals surface area contributed by atoms with Crippen molar-refractivity contribution in [3.8, 4) is 0 Å². The minimum Gasteiger partial charge on any atom is -0.348 e. The smallest absolute Gasteiger partial charge is 0.273 e. The van der Waals surface area contributed by atoms with Crippen LogP contribution in [0.4, 0.5) is 0 Å². The van der Waals surface area contributed by atoms with Crippen LogP contribution in [0.1, 0.15) is 42.9 Å². The molecule has 19 heavy (non-hydrogen) atoms. The van der Waals surface area contributed by atoms with E-state index in [4.69, 9.17) is 10.7 Å². The number of rotatable bonds is 5. The van der Waals surface area contributed by atoms with E-state index >= 15 is 0 Å². The molecule has 1 fully saturated rings. The van der Waals surface area contributed by atoms with Gasteiger partial charge in [0, 0.05) is 16.7 Å². The molecule has 0 saturated heterocycles. The van der Waals surface area contributed by atoms with Gasteiger partial charge in [0.2, 0.25) is 0 Å². The summed E-state index contributed by atoms with van der Waals surface area (Å²) >= 11 is 0. The van der Waals surface area contributed by atoms with Crippen LogP contribution in [0.5, 0.6) is 0 Å². The summed E-state index contributed by atoms with van der Waals surface area (Å²) in [6, 6.07) is 0.102. The summed E-state index contributed by atoms with van der Waals surface area (Å²) in [7, 11) is 1.40. The molecule has 0 bridgehead atoms. The van der Waals surface area contributed by atoms with Crippen molar-refractivity contribution in [1.29, 1.82) is 0 Å². The second kappa shape index (κ2) is 5.13. The number of carbonyl (C=O) groups is 1. The maximum atomic E-state index is 12.0. The van der Waals surface area contributed by atoms with Crippen molar-refractivity contribution in [2.75, 3.05) is 0 Å². The summed E-state index contributed by atoms with van der Waals surface area (Å²) in [6.45, 7) is 3.91. The number of H-pyrrole nitrogens is 1. The first-order valence-corrected chi connectivity index (χ1v) is 8.48. The molecule has 2 N–H and O–H groups in total. The highest BCUT2D eigenvalue weighted by Crippen LogP contribution is 2.30. The molecule has 1 saturated carbocycles. The average Bonchev–Trinajstić information content (AvgIpc) is 2.82. The Balaban J connectivity index is 2.31. The maximum Gasteiger partial charge on any atom is 0.273 e. The third kappa shape index (κ3) is 3.09. The molecule has 0 aromatic carbocycles. The molecular formula is C11H16ClN3O3S. The van der Waals surface area contributed by atoms with E-state index < -0.39 is 15.0 Å².